The van der Waals surface area contributed by atoms with E-state index in [9.17, 15) is 19.5 Å². The minimum absolute atomic E-state index is 0.369. The molecular formula is C18H36N4O6. The van der Waals surface area contributed by atoms with Gasteiger partial charge in [-0.15, -0.1) is 0 Å². The standard InChI is InChI=1S/C18H36N4O6/c1-17(2,3)27-15(25)21-11-7-9-19-13(14(23)24)20-10-8-12-22-16(26)28-18(4,5)6/h13,19-20H,7-12H2,1-6H3,(H,21,25)(H,22,26)(H,23,24). The predicted molar refractivity (Wildman–Crippen MR) is 105 cm³/mol. The van der Waals surface area contributed by atoms with E-state index < -0.39 is 35.5 Å². The van der Waals surface area contributed by atoms with E-state index >= 15 is 0 Å². The molecule has 0 bridgehead atoms. The number of amides is 2. The number of hydrogen-bond donors (Lipinski definition) is 5. The third kappa shape index (κ3) is 16.1. The van der Waals surface area contributed by atoms with Crippen molar-refractivity contribution in [3.63, 3.8) is 0 Å². The van der Waals surface area contributed by atoms with Gasteiger partial charge in [-0.05, 0) is 67.5 Å². The fourth-order valence-corrected chi connectivity index (χ4v) is 1.93. The third-order valence-corrected chi connectivity index (χ3v) is 2.99. The zero-order valence-electron chi connectivity index (χ0n) is 17.8. The van der Waals surface area contributed by atoms with E-state index in [4.69, 9.17) is 9.47 Å². The summed E-state index contributed by atoms with van der Waals surface area (Å²) in [6.45, 7) is 12.2. The van der Waals surface area contributed by atoms with Crippen molar-refractivity contribution in [1.29, 1.82) is 0 Å². The molecular weight excluding hydrogens is 368 g/mol. The van der Waals surface area contributed by atoms with E-state index in [1.165, 1.54) is 0 Å². The van der Waals surface area contributed by atoms with Crippen molar-refractivity contribution in [1.82, 2.24) is 21.3 Å². The lowest BCUT2D eigenvalue weighted by atomic mass is 10.2. The summed E-state index contributed by atoms with van der Waals surface area (Å²) in [6.07, 6.45) is -0.825. The molecule has 0 spiro atoms. The molecule has 0 saturated heterocycles. The van der Waals surface area contributed by atoms with Crippen molar-refractivity contribution in [2.24, 2.45) is 0 Å². The van der Waals surface area contributed by atoms with Crippen LogP contribution in [0.4, 0.5) is 9.59 Å². The Labute approximate surface area is 167 Å². The summed E-state index contributed by atoms with van der Waals surface area (Å²) in [6, 6.07) is 0. The molecule has 5 N–H and O–H groups in total. The number of nitrogens with one attached hydrogen (secondary N) is 4. The summed E-state index contributed by atoms with van der Waals surface area (Å²) in [4.78, 5) is 34.2. The van der Waals surface area contributed by atoms with Gasteiger partial charge in [0.05, 0.1) is 0 Å². The average Bonchev–Trinajstić information content (AvgIpc) is 2.48. The Hall–Kier alpha value is -2.07. The molecule has 0 heterocycles. The van der Waals surface area contributed by atoms with E-state index in [0.29, 0.717) is 39.0 Å². The first-order valence-electron chi connectivity index (χ1n) is 9.43. The van der Waals surface area contributed by atoms with E-state index in [0.717, 1.165) is 0 Å². The van der Waals surface area contributed by atoms with E-state index in [-0.39, 0.29) is 0 Å². The molecule has 0 aliphatic carbocycles. The molecule has 2 amide bonds. The molecule has 0 fully saturated rings. The Morgan fingerprint density at radius 3 is 1.39 bits per heavy atom. The Morgan fingerprint density at radius 1 is 0.750 bits per heavy atom. The molecule has 0 aliphatic rings. The van der Waals surface area contributed by atoms with Crippen LogP contribution in [0.25, 0.3) is 0 Å². The zero-order valence-corrected chi connectivity index (χ0v) is 17.8. The first-order chi connectivity index (χ1) is 12.8. The molecule has 0 rings (SSSR count). The van der Waals surface area contributed by atoms with Gasteiger partial charge >= 0.3 is 18.2 Å². The molecule has 0 saturated carbocycles. The number of ether oxygens (including phenoxy) is 2. The Bertz CT molecular complexity index is 461. The van der Waals surface area contributed by atoms with Gasteiger partial charge < -0.3 is 25.2 Å². The summed E-state index contributed by atoms with van der Waals surface area (Å²) in [5.74, 6) is -1.03. The summed E-state index contributed by atoms with van der Waals surface area (Å²) >= 11 is 0. The second-order valence-electron chi connectivity index (χ2n) is 8.24. The molecule has 0 aliphatic heterocycles. The molecule has 28 heavy (non-hydrogen) atoms. The number of rotatable bonds is 11. The topological polar surface area (TPSA) is 138 Å². The fraction of sp³-hybridized carbons (Fsp3) is 0.833. The predicted octanol–water partition coefficient (Wildman–Crippen LogP) is 1.41. The highest BCUT2D eigenvalue weighted by Gasteiger charge is 2.17. The molecule has 10 nitrogen and oxygen atoms in total. The maximum absolute atomic E-state index is 11.5. The van der Waals surface area contributed by atoms with E-state index in [1.54, 1.807) is 41.5 Å². The van der Waals surface area contributed by atoms with Crippen LogP contribution in [0.3, 0.4) is 0 Å². The average molecular weight is 405 g/mol. The number of aliphatic carboxylic acids is 1. The van der Waals surface area contributed by atoms with E-state index in [2.05, 4.69) is 21.3 Å². The minimum Gasteiger partial charge on any atom is -0.479 e. The van der Waals surface area contributed by atoms with Crippen LogP contribution in [0.1, 0.15) is 54.4 Å². The minimum atomic E-state index is -1.03. The van der Waals surface area contributed by atoms with Crippen LogP contribution in [-0.2, 0) is 14.3 Å². The lowest BCUT2D eigenvalue weighted by Gasteiger charge is -2.20. The second-order valence-corrected chi connectivity index (χ2v) is 8.24. The van der Waals surface area contributed by atoms with Gasteiger partial charge in [0, 0.05) is 13.1 Å². The highest BCUT2D eigenvalue weighted by molar-refractivity contribution is 5.72. The largest absolute Gasteiger partial charge is 0.479 e. The Morgan fingerprint density at radius 2 is 1.11 bits per heavy atom. The van der Waals surface area contributed by atoms with E-state index in [1.807, 2.05) is 0 Å². The number of carboxylic acids is 1. The van der Waals surface area contributed by atoms with Gasteiger partial charge in [-0.3, -0.25) is 10.6 Å². The maximum atomic E-state index is 11.5. The first-order valence-corrected chi connectivity index (χ1v) is 9.43. The van der Waals surface area contributed by atoms with Gasteiger partial charge in [-0.1, -0.05) is 0 Å². The van der Waals surface area contributed by atoms with Crippen molar-refractivity contribution >= 4 is 18.2 Å². The highest BCUT2D eigenvalue weighted by Crippen LogP contribution is 2.06. The van der Waals surface area contributed by atoms with Gasteiger partial charge in [-0.2, -0.15) is 0 Å². The van der Waals surface area contributed by atoms with Crippen LogP contribution in [0.15, 0.2) is 0 Å². The number of carboxylic acid groups (broad SMARTS) is 1. The summed E-state index contributed by atoms with van der Waals surface area (Å²) < 4.78 is 10.2. The van der Waals surface area contributed by atoms with Gasteiger partial charge in [0.2, 0.25) is 0 Å². The van der Waals surface area contributed by atoms with Crippen LogP contribution in [0.5, 0.6) is 0 Å². The van der Waals surface area contributed by atoms with Crippen LogP contribution < -0.4 is 21.3 Å². The van der Waals surface area contributed by atoms with Crippen LogP contribution in [0, 0.1) is 0 Å². The molecule has 0 aromatic rings. The van der Waals surface area contributed by atoms with Gasteiger partial charge in [0.1, 0.15) is 11.2 Å². The molecule has 0 atom stereocenters. The lowest BCUT2D eigenvalue weighted by molar-refractivity contribution is -0.140. The number of carbonyl (C=O) groups is 3. The normalized spacial score (nSPS) is 11.8. The zero-order chi connectivity index (χ0) is 21.8. The monoisotopic (exact) mass is 404 g/mol. The summed E-state index contributed by atoms with van der Waals surface area (Å²) in [7, 11) is 0. The summed E-state index contributed by atoms with van der Waals surface area (Å²) in [5, 5.41) is 20.1. The quantitative estimate of drug-likeness (QED) is 0.257. The number of hydrogen-bond acceptors (Lipinski definition) is 7. The molecule has 10 heteroatoms. The van der Waals surface area contributed by atoms with Crippen LogP contribution >= 0.6 is 0 Å². The number of alkyl carbamates (subject to hydrolysis) is 2. The number of carbonyl (C=O) groups excluding carboxylic acids is 2. The maximum Gasteiger partial charge on any atom is 0.407 e. The lowest BCUT2D eigenvalue weighted by Crippen LogP contribution is -2.49. The fourth-order valence-electron chi connectivity index (χ4n) is 1.93. The van der Waals surface area contributed by atoms with Crippen molar-refractivity contribution < 1.29 is 29.0 Å². The molecule has 164 valence electrons. The summed E-state index contributed by atoms with van der Waals surface area (Å²) in [5.41, 5.74) is -1.11. The molecule has 0 aromatic heterocycles. The SMILES string of the molecule is CC(C)(C)OC(=O)NCCCNC(NCCCNC(=O)OC(C)(C)C)C(=O)O. The van der Waals surface area contributed by atoms with Crippen molar-refractivity contribution in [2.45, 2.75) is 71.8 Å². The second kappa shape index (κ2) is 12.4. The third-order valence-electron chi connectivity index (χ3n) is 2.99. The molecule has 0 radical (unpaired) electrons. The first kappa shape index (κ1) is 25.9. The van der Waals surface area contributed by atoms with Crippen LogP contribution in [0.2, 0.25) is 0 Å². The van der Waals surface area contributed by atoms with Gasteiger partial charge in [0.15, 0.2) is 6.17 Å². The van der Waals surface area contributed by atoms with Crippen molar-refractivity contribution in [3.8, 4) is 0 Å². The van der Waals surface area contributed by atoms with Gasteiger partial charge in [-0.25, -0.2) is 14.4 Å². The van der Waals surface area contributed by atoms with Crippen molar-refractivity contribution in [2.75, 3.05) is 26.2 Å². The van der Waals surface area contributed by atoms with Crippen LogP contribution in [-0.4, -0.2) is 66.8 Å². The highest BCUT2D eigenvalue weighted by atomic mass is 16.6. The van der Waals surface area contributed by atoms with Crippen molar-refractivity contribution in [3.05, 3.63) is 0 Å². The van der Waals surface area contributed by atoms with Gasteiger partial charge in [0.25, 0.3) is 0 Å². The molecule has 0 aromatic carbocycles. The molecule has 0 unspecified atom stereocenters. The Balaban J connectivity index is 3.89. The Kier molecular flexibility index (Phi) is 11.5. The smallest absolute Gasteiger partial charge is 0.407 e.